The highest BCUT2D eigenvalue weighted by molar-refractivity contribution is 5.64. The van der Waals surface area contributed by atoms with E-state index in [0.29, 0.717) is 12.2 Å². The van der Waals surface area contributed by atoms with Gasteiger partial charge in [-0.05, 0) is 29.7 Å². The molecule has 4 rings (SSSR count). The predicted octanol–water partition coefficient (Wildman–Crippen LogP) is 2.37. The molecule has 5 nitrogen and oxygen atoms in total. The van der Waals surface area contributed by atoms with E-state index in [1.54, 1.807) is 6.20 Å². The van der Waals surface area contributed by atoms with Gasteiger partial charge >= 0.3 is 0 Å². The molecule has 22 heavy (non-hydrogen) atoms. The Morgan fingerprint density at radius 2 is 2.14 bits per heavy atom. The van der Waals surface area contributed by atoms with Crippen LogP contribution in [0.25, 0.3) is 11.1 Å². The van der Waals surface area contributed by atoms with E-state index in [9.17, 15) is 4.39 Å². The zero-order valence-electron chi connectivity index (χ0n) is 12.0. The van der Waals surface area contributed by atoms with Crippen LogP contribution in [0.3, 0.4) is 0 Å². The molecule has 1 aromatic carbocycles. The number of aromatic amines is 1. The second-order valence-electron chi connectivity index (χ2n) is 5.56. The van der Waals surface area contributed by atoms with E-state index < -0.39 is 11.4 Å². The molecule has 1 aliphatic heterocycles. The molecule has 1 aliphatic rings. The SMILES string of the molecule is CC1(c2ncncc2F)NCc2cc(-c3cn[nH]c3)ccc21. The van der Waals surface area contributed by atoms with Crippen molar-refractivity contribution in [3.05, 3.63) is 65.8 Å². The molecule has 0 saturated heterocycles. The fraction of sp³-hybridized carbons (Fsp3) is 0.188. The average Bonchev–Trinajstić information content (AvgIpc) is 3.17. The van der Waals surface area contributed by atoms with Gasteiger partial charge in [0.05, 0.1) is 17.9 Å². The third-order valence-corrected chi connectivity index (χ3v) is 4.25. The van der Waals surface area contributed by atoms with Crippen LogP contribution in [0.1, 0.15) is 23.7 Å². The van der Waals surface area contributed by atoms with E-state index >= 15 is 0 Å². The van der Waals surface area contributed by atoms with Crippen molar-refractivity contribution in [1.82, 2.24) is 25.5 Å². The predicted molar refractivity (Wildman–Crippen MR) is 79.3 cm³/mol. The minimum Gasteiger partial charge on any atom is -0.298 e. The average molecular weight is 295 g/mol. The number of fused-ring (bicyclic) bond motifs is 1. The number of halogens is 1. The van der Waals surface area contributed by atoms with Gasteiger partial charge in [0.2, 0.25) is 0 Å². The zero-order chi connectivity index (χ0) is 15.2. The number of nitrogens with one attached hydrogen (secondary N) is 2. The first kappa shape index (κ1) is 13.1. The maximum absolute atomic E-state index is 14.1. The molecule has 110 valence electrons. The van der Waals surface area contributed by atoms with Crippen LogP contribution in [0.2, 0.25) is 0 Å². The largest absolute Gasteiger partial charge is 0.298 e. The lowest BCUT2D eigenvalue weighted by Gasteiger charge is -2.25. The second kappa shape index (κ2) is 4.71. The molecule has 2 N–H and O–H groups in total. The Bertz CT molecular complexity index is 830. The number of hydrogen-bond acceptors (Lipinski definition) is 4. The van der Waals surface area contributed by atoms with Crippen LogP contribution in [0.5, 0.6) is 0 Å². The van der Waals surface area contributed by atoms with E-state index in [4.69, 9.17) is 0 Å². The summed E-state index contributed by atoms with van der Waals surface area (Å²) >= 11 is 0. The zero-order valence-corrected chi connectivity index (χ0v) is 12.0. The Morgan fingerprint density at radius 3 is 2.91 bits per heavy atom. The maximum Gasteiger partial charge on any atom is 0.165 e. The standard InChI is InChI=1S/C16H14FN5/c1-16(15-14(17)8-18-9-19-15)13-3-2-10(4-11(13)5-20-16)12-6-21-22-7-12/h2-4,6-9,20H,5H2,1H3,(H,21,22). The van der Waals surface area contributed by atoms with Crippen LogP contribution in [0, 0.1) is 5.82 Å². The van der Waals surface area contributed by atoms with Gasteiger partial charge < -0.3 is 0 Å². The first-order valence-corrected chi connectivity index (χ1v) is 7.02. The van der Waals surface area contributed by atoms with E-state index in [2.05, 4.69) is 31.5 Å². The highest BCUT2D eigenvalue weighted by Crippen LogP contribution is 2.38. The minimum absolute atomic E-state index is 0.373. The van der Waals surface area contributed by atoms with Gasteiger partial charge in [-0.1, -0.05) is 12.1 Å². The molecule has 3 aromatic rings. The fourth-order valence-corrected chi connectivity index (χ4v) is 3.08. The lowest BCUT2D eigenvalue weighted by atomic mass is 9.87. The summed E-state index contributed by atoms with van der Waals surface area (Å²) in [7, 11) is 0. The van der Waals surface area contributed by atoms with Crippen molar-refractivity contribution in [2.75, 3.05) is 0 Å². The molecule has 6 heteroatoms. The summed E-state index contributed by atoms with van der Waals surface area (Å²) < 4.78 is 14.1. The van der Waals surface area contributed by atoms with Gasteiger partial charge in [-0.3, -0.25) is 10.4 Å². The normalized spacial score (nSPS) is 20.1. The summed E-state index contributed by atoms with van der Waals surface area (Å²) in [6.07, 6.45) is 6.22. The first-order valence-electron chi connectivity index (χ1n) is 7.02. The van der Waals surface area contributed by atoms with E-state index in [1.807, 2.05) is 25.3 Å². The van der Waals surface area contributed by atoms with Gasteiger partial charge in [0.1, 0.15) is 12.0 Å². The fourth-order valence-electron chi connectivity index (χ4n) is 3.08. The van der Waals surface area contributed by atoms with Gasteiger partial charge in [0.25, 0.3) is 0 Å². The Balaban J connectivity index is 1.82. The van der Waals surface area contributed by atoms with Gasteiger partial charge in [-0.2, -0.15) is 5.10 Å². The van der Waals surface area contributed by atoms with Gasteiger partial charge in [-0.25, -0.2) is 14.4 Å². The molecule has 2 aromatic heterocycles. The molecule has 0 amide bonds. The summed E-state index contributed by atoms with van der Waals surface area (Å²) in [4.78, 5) is 7.87. The molecule has 0 fully saturated rings. The molecule has 0 aliphatic carbocycles. The Kier molecular flexibility index (Phi) is 2.80. The monoisotopic (exact) mass is 295 g/mol. The highest BCUT2D eigenvalue weighted by Gasteiger charge is 2.39. The number of rotatable bonds is 2. The van der Waals surface area contributed by atoms with Crippen molar-refractivity contribution in [3.8, 4) is 11.1 Å². The van der Waals surface area contributed by atoms with Crippen molar-refractivity contribution in [1.29, 1.82) is 0 Å². The quantitative estimate of drug-likeness (QED) is 0.761. The third-order valence-electron chi connectivity index (χ3n) is 4.25. The van der Waals surface area contributed by atoms with Gasteiger partial charge in [-0.15, -0.1) is 0 Å². The van der Waals surface area contributed by atoms with Crippen LogP contribution >= 0.6 is 0 Å². The Labute approximate surface area is 126 Å². The molecular weight excluding hydrogens is 281 g/mol. The molecule has 3 heterocycles. The molecule has 0 spiro atoms. The van der Waals surface area contributed by atoms with E-state index in [0.717, 1.165) is 22.3 Å². The summed E-state index contributed by atoms with van der Waals surface area (Å²) in [6, 6.07) is 6.16. The summed E-state index contributed by atoms with van der Waals surface area (Å²) in [6.45, 7) is 2.61. The van der Waals surface area contributed by atoms with Crippen molar-refractivity contribution in [2.24, 2.45) is 0 Å². The number of H-pyrrole nitrogens is 1. The Hall–Kier alpha value is -2.60. The number of aromatic nitrogens is 4. The topological polar surface area (TPSA) is 66.5 Å². The van der Waals surface area contributed by atoms with Gasteiger partial charge in [0.15, 0.2) is 5.82 Å². The third kappa shape index (κ3) is 1.84. The van der Waals surface area contributed by atoms with Crippen LogP contribution in [-0.4, -0.2) is 20.2 Å². The van der Waals surface area contributed by atoms with Crippen molar-refractivity contribution >= 4 is 0 Å². The summed E-state index contributed by atoms with van der Waals surface area (Å²) in [5, 5.41) is 10.2. The van der Waals surface area contributed by atoms with Crippen molar-refractivity contribution in [2.45, 2.75) is 19.0 Å². The smallest absolute Gasteiger partial charge is 0.165 e. The van der Waals surface area contributed by atoms with Crippen molar-refractivity contribution in [3.63, 3.8) is 0 Å². The summed E-state index contributed by atoms with van der Waals surface area (Å²) in [5.41, 5.74) is 4.03. The van der Waals surface area contributed by atoms with Crippen molar-refractivity contribution < 1.29 is 4.39 Å². The molecule has 0 radical (unpaired) electrons. The van der Waals surface area contributed by atoms with Crippen LogP contribution in [-0.2, 0) is 12.1 Å². The van der Waals surface area contributed by atoms with Gasteiger partial charge in [0, 0.05) is 18.3 Å². The number of benzene rings is 1. The minimum atomic E-state index is -0.642. The maximum atomic E-state index is 14.1. The summed E-state index contributed by atoms with van der Waals surface area (Å²) in [5.74, 6) is -0.399. The Morgan fingerprint density at radius 1 is 1.23 bits per heavy atom. The lowest BCUT2D eigenvalue weighted by molar-refractivity contribution is 0.433. The first-order chi connectivity index (χ1) is 10.7. The van der Waals surface area contributed by atoms with Crippen LogP contribution in [0.4, 0.5) is 4.39 Å². The highest BCUT2D eigenvalue weighted by atomic mass is 19.1. The molecule has 0 saturated carbocycles. The lowest BCUT2D eigenvalue weighted by Crippen LogP contribution is -2.36. The van der Waals surface area contributed by atoms with Crippen LogP contribution in [0.15, 0.2) is 43.1 Å². The van der Waals surface area contributed by atoms with E-state index in [1.165, 1.54) is 12.5 Å². The molecular formula is C16H14FN5. The number of nitrogens with zero attached hydrogens (tertiary/aromatic N) is 3. The molecule has 1 unspecified atom stereocenters. The molecule has 0 bridgehead atoms. The van der Waals surface area contributed by atoms with Crippen LogP contribution < -0.4 is 5.32 Å². The van der Waals surface area contributed by atoms with E-state index in [-0.39, 0.29) is 0 Å². The second-order valence-corrected chi connectivity index (χ2v) is 5.56. The molecule has 1 atom stereocenters. The number of hydrogen-bond donors (Lipinski definition) is 2.